The van der Waals surface area contributed by atoms with Crippen molar-refractivity contribution in [1.29, 1.82) is 0 Å². The lowest BCUT2D eigenvalue weighted by Crippen LogP contribution is -2.35. The summed E-state index contributed by atoms with van der Waals surface area (Å²) in [6.45, 7) is 3.41. The second-order valence-electron chi connectivity index (χ2n) is 6.76. The fraction of sp³-hybridized carbons (Fsp3) is 0.350. The molecule has 4 rings (SSSR count). The molecule has 0 saturated carbocycles. The number of H-pyrrole nitrogens is 2. The molecule has 1 unspecified atom stereocenters. The van der Waals surface area contributed by atoms with Crippen LogP contribution in [0.25, 0.3) is 11.0 Å². The van der Waals surface area contributed by atoms with Gasteiger partial charge >= 0.3 is 5.69 Å². The highest BCUT2D eigenvalue weighted by molar-refractivity contribution is 5.75. The number of nitrogens with zero attached hydrogens (tertiary/aromatic N) is 1. The average Bonchev–Trinajstić information content (AvgIpc) is 3.00. The Labute approximate surface area is 141 Å². The van der Waals surface area contributed by atoms with E-state index >= 15 is 0 Å². The van der Waals surface area contributed by atoms with Crippen molar-refractivity contribution in [2.45, 2.75) is 25.2 Å². The number of nitrogens with one attached hydrogen (secondary N) is 2. The molecule has 124 valence electrons. The van der Waals surface area contributed by atoms with Crippen LogP contribution in [0, 0.1) is 0 Å². The lowest BCUT2D eigenvalue weighted by atomic mass is 9.90. The summed E-state index contributed by atoms with van der Waals surface area (Å²) >= 11 is 0. The van der Waals surface area contributed by atoms with E-state index in [0.29, 0.717) is 5.92 Å². The van der Waals surface area contributed by atoms with Crippen molar-refractivity contribution >= 4 is 11.0 Å². The molecular formula is C20H23N3O. The standard InChI is InChI=1S/C20H23N3O/c24-20-21-18-9-8-16(13-19(18)22-20)17-7-4-11-23(14-17)12-10-15-5-2-1-3-6-15/h1-3,5-6,8-9,13,17H,4,7,10-12,14H2,(H2,21,22,24). The Hall–Kier alpha value is -2.33. The van der Waals surface area contributed by atoms with E-state index in [-0.39, 0.29) is 5.69 Å². The number of fused-ring (bicyclic) bond motifs is 1. The van der Waals surface area contributed by atoms with Gasteiger partial charge < -0.3 is 14.9 Å². The van der Waals surface area contributed by atoms with Gasteiger partial charge in [-0.05, 0) is 55.0 Å². The van der Waals surface area contributed by atoms with Gasteiger partial charge in [0.05, 0.1) is 11.0 Å². The van der Waals surface area contributed by atoms with Crippen molar-refractivity contribution in [3.05, 3.63) is 70.1 Å². The fourth-order valence-corrected chi connectivity index (χ4v) is 3.77. The molecule has 0 spiro atoms. The molecule has 24 heavy (non-hydrogen) atoms. The normalized spacial score (nSPS) is 18.9. The highest BCUT2D eigenvalue weighted by Crippen LogP contribution is 2.28. The molecule has 1 atom stereocenters. The van der Waals surface area contributed by atoms with Gasteiger partial charge in [0.15, 0.2) is 0 Å². The predicted octanol–water partition coefficient (Wildman–Crippen LogP) is 3.28. The van der Waals surface area contributed by atoms with Gasteiger partial charge in [-0.2, -0.15) is 0 Å². The third-order valence-electron chi connectivity index (χ3n) is 5.08. The maximum Gasteiger partial charge on any atom is 0.323 e. The third-order valence-corrected chi connectivity index (χ3v) is 5.08. The van der Waals surface area contributed by atoms with Crippen LogP contribution in [0.5, 0.6) is 0 Å². The number of aromatic nitrogens is 2. The minimum atomic E-state index is -0.129. The quantitative estimate of drug-likeness (QED) is 0.775. The van der Waals surface area contributed by atoms with E-state index in [1.54, 1.807) is 0 Å². The summed E-state index contributed by atoms with van der Waals surface area (Å²) in [6.07, 6.45) is 3.57. The first kappa shape index (κ1) is 15.2. The number of piperidine rings is 1. The zero-order chi connectivity index (χ0) is 16.4. The smallest absolute Gasteiger partial charge is 0.306 e. The van der Waals surface area contributed by atoms with Crippen molar-refractivity contribution in [2.24, 2.45) is 0 Å². The summed E-state index contributed by atoms with van der Waals surface area (Å²) in [7, 11) is 0. The van der Waals surface area contributed by atoms with Crippen LogP contribution in [0.4, 0.5) is 0 Å². The first-order valence-corrected chi connectivity index (χ1v) is 8.76. The molecule has 0 amide bonds. The van der Waals surface area contributed by atoms with E-state index in [2.05, 4.69) is 57.3 Å². The lowest BCUT2D eigenvalue weighted by molar-refractivity contribution is 0.210. The number of aromatic amines is 2. The Bertz CT molecular complexity index is 865. The van der Waals surface area contributed by atoms with Crippen LogP contribution in [0.15, 0.2) is 53.3 Å². The molecule has 4 heteroatoms. The summed E-state index contributed by atoms with van der Waals surface area (Å²) in [6, 6.07) is 17.0. The zero-order valence-corrected chi connectivity index (χ0v) is 13.8. The van der Waals surface area contributed by atoms with Gasteiger partial charge in [-0.3, -0.25) is 0 Å². The van der Waals surface area contributed by atoms with Crippen LogP contribution in [0.2, 0.25) is 0 Å². The number of hydrogen-bond acceptors (Lipinski definition) is 2. The van der Waals surface area contributed by atoms with E-state index in [1.165, 1.54) is 30.5 Å². The first-order chi connectivity index (χ1) is 11.8. The van der Waals surface area contributed by atoms with Gasteiger partial charge in [-0.15, -0.1) is 0 Å². The molecule has 4 nitrogen and oxygen atoms in total. The number of benzene rings is 2. The van der Waals surface area contributed by atoms with Crippen LogP contribution in [-0.2, 0) is 6.42 Å². The maximum atomic E-state index is 11.4. The summed E-state index contributed by atoms with van der Waals surface area (Å²) in [5, 5.41) is 0. The SMILES string of the molecule is O=c1[nH]c2ccc(C3CCCN(CCc4ccccc4)C3)cc2[nH]1. The maximum absolute atomic E-state index is 11.4. The molecule has 2 N–H and O–H groups in total. The molecule has 1 aliphatic heterocycles. The van der Waals surface area contributed by atoms with E-state index in [4.69, 9.17) is 0 Å². The second-order valence-corrected chi connectivity index (χ2v) is 6.76. The van der Waals surface area contributed by atoms with Gasteiger partial charge in [0, 0.05) is 13.1 Å². The minimum Gasteiger partial charge on any atom is -0.306 e. The highest BCUT2D eigenvalue weighted by atomic mass is 16.1. The van der Waals surface area contributed by atoms with Gasteiger partial charge in [-0.1, -0.05) is 36.4 Å². The Morgan fingerprint density at radius 1 is 1.04 bits per heavy atom. The van der Waals surface area contributed by atoms with Gasteiger partial charge in [0.1, 0.15) is 0 Å². The molecule has 1 aliphatic rings. The van der Waals surface area contributed by atoms with Crippen molar-refractivity contribution in [1.82, 2.24) is 14.9 Å². The van der Waals surface area contributed by atoms with Crippen LogP contribution >= 0.6 is 0 Å². The number of imidazole rings is 1. The Kier molecular flexibility index (Phi) is 4.22. The predicted molar refractivity (Wildman–Crippen MR) is 97.5 cm³/mol. The molecule has 1 saturated heterocycles. The summed E-state index contributed by atoms with van der Waals surface area (Å²) in [5.74, 6) is 0.553. The number of hydrogen-bond donors (Lipinski definition) is 2. The molecule has 0 radical (unpaired) electrons. The molecule has 0 aliphatic carbocycles. The Morgan fingerprint density at radius 3 is 2.75 bits per heavy atom. The van der Waals surface area contributed by atoms with E-state index in [0.717, 1.165) is 30.5 Å². The van der Waals surface area contributed by atoms with Crippen LogP contribution in [0.1, 0.15) is 29.9 Å². The largest absolute Gasteiger partial charge is 0.323 e. The Morgan fingerprint density at radius 2 is 1.88 bits per heavy atom. The minimum absolute atomic E-state index is 0.129. The van der Waals surface area contributed by atoms with Gasteiger partial charge in [0.2, 0.25) is 0 Å². The molecule has 2 aromatic carbocycles. The van der Waals surface area contributed by atoms with Crippen molar-refractivity contribution in [2.75, 3.05) is 19.6 Å². The Balaban J connectivity index is 1.44. The summed E-state index contributed by atoms with van der Waals surface area (Å²) in [5.41, 5.74) is 4.42. The third kappa shape index (κ3) is 3.29. The molecule has 1 fully saturated rings. The fourth-order valence-electron chi connectivity index (χ4n) is 3.77. The second kappa shape index (κ2) is 6.65. The highest BCUT2D eigenvalue weighted by Gasteiger charge is 2.21. The molecular weight excluding hydrogens is 298 g/mol. The first-order valence-electron chi connectivity index (χ1n) is 8.76. The molecule has 0 bridgehead atoms. The average molecular weight is 321 g/mol. The molecule has 2 heterocycles. The van der Waals surface area contributed by atoms with Gasteiger partial charge in [0.25, 0.3) is 0 Å². The van der Waals surface area contributed by atoms with Crippen molar-refractivity contribution < 1.29 is 0 Å². The van der Waals surface area contributed by atoms with Crippen LogP contribution in [-0.4, -0.2) is 34.5 Å². The van der Waals surface area contributed by atoms with E-state index in [1.807, 2.05) is 6.07 Å². The topological polar surface area (TPSA) is 51.9 Å². The molecule has 1 aromatic heterocycles. The van der Waals surface area contributed by atoms with Crippen LogP contribution in [0.3, 0.4) is 0 Å². The monoisotopic (exact) mass is 321 g/mol. The van der Waals surface area contributed by atoms with Crippen molar-refractivity contribution in [3.63, 3.8) is 0 Å². The molecule has 3 aromatic rings. The van der Waals surface area contributed by atoms with Crippen molar-refractivity contribution in [3.8, 4) is 0 Å². The lowest BCUT2D eigenvalue weighted by Gasteiger charge is -2.33. The van der Waals surface area contributed by atoms with Gasteiger partial charge in [-0.25, -0.2) is 4.79 Å². The zero-order valence-electron chi connectivity index (χ0n) is 13.8. The summed E-state index contributed by atoms with van der Waals surface area (Å²) < 4.78 is 0. The number of likely N-dealkylation sites (tertiary alicyclic amines) is 1. The van der Waals surface area contributed by atoms with Crippen LogP contribution < -0.4 is 5.69 Å². The summed E-state index contributed by atoms with van der Waals surface area (Å²) in [4.78, 5) is 19.7. The number of rotatable bonds is 4. The van der Waals surface area contributed by atoms with E-state index < -0.39 is 0 Å². The van der Waals surface area contributed by atoms with E-state index in [9.17, 15) is 4.79 Å².